The first-order chi connectivity index (χ1) is 5.56. The van der Waals surface area contributed by atoms with Gasteiger partial charge in [-0.05, 0) is 6.92 Å². The summed E-state index contributed by atoms with van der Waals surface area (Å²) in [5.74, 6) is -0.944. The van der Waals surface area contributed by atoms with Crippen LogP contribution >= 0.6 is 0 Å². The Balaban J connectivity index is 3.43. The van der Waals surface area contributed by atoms with Crippen molar-refractivity contribution in [2.24, 2.45) is 0 Å². The van der Waals surface area contributed by atoms with Gasteiger partial charge in [-0.25, -0.2) is 0 Å². The SMILES string of the molecule is CC(CC(=O)O)OCC(O)CO. The summed E-state index contributed by atoms with van der Waals surface area (Å²) in [5.41, 5.74) is 0. The third-order valence-corrected chi connectivity index (χ3v) is 1.25. The molecule has 0 aliphatic carbocycles. The first-order valence-corrected chi connectivity index (χ1v) is 3.68. The monoisotopic (exact) mass is 178 g/mol. The van der Waals surface area contributed by atoms with Crippen LogP contribution in [0.2, 0.25) is 0 Å². The molecule has 72 valence electrons. The lowest BCUT2D eigenvalue weighted by molar-refractivity contribution is -0.140. The van der Waals surface area contributed by atoms with Crippen LogP contribution in [0.1, 0.15) is 13.3 Å². The second-order valence-corrected chi connectivity index (χ2v) is 2.58. The highest BCUT2D eigenvalue weighted by Gasteiger charge is 2.09. The Labute approximate surface area is 70.6 Å². The van der Waals surface area contributed by atoms with Gasteiger partial charge in [-0.3, -0.25) is 4.79 Å². The first kappa shape index (κ1) is 11.4. The number of aliphatic hydroxyl groups excluding tert-OH is 2. The fourth-order valence-electron chi connectivity index (χ4n) is 0.633. The van der Waals surface area contributed by atoms with Gasteiger partial charge in [0.05, 0.1) is 25.7 Å². The van der Waals surface area contributed by atoms with Crippen molar-refractivity contribution in [2.75, 3.05) is 13.2 Å². The first-order valence-electron chi connectivity index (χ1n) is 3.68. The number of carbonyl (C=O) groups is 1. The lowest BCUT2D eigenvalue weighted by Crippen LogP contribution is -2.24. The molecular weight excluding hydrogens is 164 g/mol. The van der Waals surface area contributed by atoms with E-state index in [2.05, 4.69) is 0 Å². The molecule has 0 radical (unpaired) electrons. The summed E-state index contributed by atoms with van der Waals surface area (Å²) in [4.78, 5) is 10.1. The number of hydrogen-bond acceptors (Lipinski definition) is 4. The van der Waals surface area contributed by atoms with Crippen LogP contribution in [-0.2, 0) is 9.53 Å². The molecule has 0 saturated carbocycles. The number of carboxylic acids is 1. The maximum absolute atomic E-state index is 10.1. The molecule has 2 atom stereocenters. The highest BCUT2D eigenvalue weighted by Crippen LogP contribution is 1.98. The highest BCUT2D eigenvalue weighted by molar-refractivity contribution is 5.67. The van der Waals surface area contributed by atoms with E-state index in [1.54, 1.807) is 6.92 Å². The largest absolute Gasteiger partial charge is 0.481 e. The maximum atomic E-state index is 10.1. The molecule has 0 fully saturated rings. The van der Waals surface area contributed by atoms with Crippen LogP contribution in [0, 0.1) is 0 Å². The molecular formula is C7H14O5. The van der Waals surface area contributed by atoms with Crippen LogP contribution in [0.5, 0.6) is 0 Å². The molecule has 0 aromatic heterocycles. The summed E-state index contributed by atoms with van der Waals surface area (Å²) in [5, 5.41) is 25.5. The summed E-state index contributed by atoms with van der Waals surface area (Å²) in [7, 11) is 0. The Morgan fingerprint density at radius 3 is 2.58 bits per heavy atom. The van der Waals surface area contributed by atoms with Gasteiger partial charge >= 0.3 is 5.97 Å². The maximum Gasteiger partial charge on any atom is 0.305 e. The Hall–Kier alpha value is -0.650. The number of carboxylic acid groups (broad SMARTS) is 1. The second-order valence-electron chi connectivity index (χ2n) is 2.58. The molecule has 0 aliphatic heterocycles. The Morgan fingerprint density at radius 1 is 1.58 bits per heavy atom. The second kappa shape index (κ2) is 5.93. The topological polar surface area (TPSA) is 87.0 Å². The lowest BCUT2D eigenvalue weighted by Gasteiger charge is -2.12. The Bertz CT molecular complexity index is 136. The summed E-state index contributed by atoms with van der Waals surface area (Å²) < 4.78 is 4.91. The molecule has 0 spiro atoms. The average molecular weight is 178 g/mol. The molecule has 5 heteroatoms. The van der Waals surface area contributed by atoms with Gasteiger partial charge in [0.1, 0.15) is 6.10 Å². The zero-order chi connectivity index (χ0) is 9.56. The van der Waals surface area contributed by atoms with Crippen molar-refractivity contribution in [2.45, 2.75) is 25.6 Å². The number of aliphatic hydroxyl groups is 2. The molecule has 0 saturated heterocycles. The van der Waals surface area contributed by atoms with Crippen molar-refractivity contribution in [3.8, 4) is 0 Å². The zero-order valence-electron chi connectivity index (χ0n) is 6.93. The molecule has 0 bridgehead atoms. The molecule has 0 rings (SSSR count). The van der Waals surface area contributed by atoms with Crippen molar-refractivity contribution in [1.29, 1.82) is 0 Å². The number of rotatable bonds is 6. The molecule has 3 N–H and O–H groups in total. The standard InChI is InChI=1S/C7H14O5/c1-5(2-7(10)11)12-4-6(9)3-8/h5-6,8-9H,2-4H2,1H3,(H,10,11). The van der Waals surface area contributed by atoms with E-state index in [9.17, 15) is 4.79 Å². The van der Waals surface area contributed by atoms with Crippen molar-refractivity contribution < 1.29 is 24.9 Å². The van der Waals surface area contributed by atoms with Gasteiger partial charge in [-0.1, -0.05) is 0 Å². The van der Waals surface area contributed by atoms with E-state index in [4.69, 9.17) is 20.1 Å². The minimum atomic E-state index is -0.944. The third-order valence-electron chi connectivity index (χ3n) is 1.25. The van der Waals surface area contributed by atoms with Crippen LogP contribution in [-0.4, -0.2) is 46.7 Å². The van der Waals surface area contributed by atoms with Gasteiger partial charge in [-0.2, -0.15) is 0 Å². The Kier molecular flexibility index (Phi) is 5.61. The summed E-state index contributed by atoms with van der Waals surface area (Å²) >= 11 is 0. The predicted molar refractivity (Wildman–Crippen MR) is 40.8 cm³/mol. The van der Waals surface area contributed by atoms with Crippen molar-refractivity contribution in [3.05, 3.63) is 0 Å². The summed E-state index contributed by atoms with van der Waals surface area (Å²) in [6.07, 6.45) is -1.47. The van der Waals surface area contributed by atoms with E-state index < -0.39 is 18.2 Å². The normalized spacial score (nSPS) is 15.6. The van der Waals surface area contributed by atoms with Crippen LogP contribution in [0.15, 0.2) is 0 Å². The van der Waals surface area contributed by atoms with Crippen molar-refractivity contribution in [3.63, 3.8) is 0 Å². The lowest BCUT2D eigenvalue weighted by atomic mass is 10.3. The molecule has 0 heterocycles. The van der Waals surface area contributed by atoms with Crippen LogP contribution in [0.4, 0.5) is 0 Å². The van der Waals surface area contributed by atoms with Crippen LogP contribution in [0.3, 0.4) is 0 Å². The molecule has 0 aliphatic rings. The number of ether oxygens (including phenoxy) is 1. The quantitative estimate of drug-likeness (QED) is 0.496. The van der Waals surface area contributed by atoms with E-state index >= 15 is 0 Å². The van der Waals surface area contributed by atoms with E-state index in [0.29, 0.717) is 0 Å². The molecule has 12 heavy (non-hydrogen) atoms. The van der Waals surface area contributed by atoms with Gasteiger partial charge in [0.15, 0.2) is 0 Å². The average Bonchev–Trinajstić information content (AvgIpc) is 1.99. The number of hydrogen-bond donors (Lipinski definition) is 3. The Morgan fingerprint density at radius 2 is 2.17 bits per heavy atom. The van der Waals surface area contributed by atoms with Crippen LogP contribution < -0.4 is 0 Å². The highest BCUT2D eigenvalue weighted by atomic mass is 16.5. The molecule has 0 aromatic rings. The molecule has 0 aromatic carbocycles. The minimum absolute atomic E-state index is 0.0368. The van der Waals surface area contributed by atoms with Crippen molar-refractivity contribution >= 4 is 5.97 Å². The zero-order valence-corrected chi connectivity index (χ0v) is 6.93. The molecule has 0 amide bonds. The fourth-order valence-corrected chi connectivity index (χ4v) is 0.633. The van der Waals surface area contributed by atoms with Crippen molar-refractivity contribution in [1.82, 2.24) is 0 Å². The number of aliphatic carboxylic acids is 1. The van der Waals surface area contributed by atoms with E-state index in [0.717, 1.165) is 0 Å². The fraction of sp³-hybridized carbons (Fsp3) is 0.857. The third kappa shape index (κ3) is 6.09. The molecule has 5 nitrogen and oxygen atoms in total. The van der Waals surface area contributed by atoms with Crippen LogP contribution in [0.25, 0.3) is 0 Å². The molecule has 2 unspecified atom stereocenters. The minimum Gasteiger partial charge on any atom is -0.481 e. The van der Waals surface area contributed by atoms with E-state index in [1.165, 1.54) is 0 Å². The predicted octanol–water partition coefficient (Wildman–Crippen LogP) is -0.781. The van der Waals surface area contributed by atoms with Gasteiger partial charge in [-0.15, -0.1) is 0 Å². The summed E-state index contributed by atoms with van der Waals surface area (Å²) in [6.45, 7) is 1.18. The summed E-state index contributed by atoms with van der Waals surface area (Å²) in [6, 6.07) is 0. The van der Waals surface area contributed by atoms with Gasteiger partial charge in [0.2, 0.25) is 0 Å². The van der Waals surface area contributed by atoms with Gasteiger partial charge in [0.25, 0.3) is 0 Å². The van der Waals surface area contributed by atoms with Gasteiger partial charge < -0.3 is 20.1 Å². The van der Waals surface area contributed by atoms with E-state index in [-0.39, 0.29) is 19.6 Å². The smallest absolute Gasteiger partial charge is 0.305 e. The van der Waals surface area contributed by atoms with Gasteiger partial charge in [0, 0.05) is 0 Å². The van der Waals surface area contributed by atoms with E-state index in [1.807, 2.05) is 0 Å².